The summed E-state index contributed by atoms with van der Waals surface area (Å²) in [6.07, 6.45) is 4.25. The van der Waals surface area contributed by atoms with Gasteiger partial charge in [0.2, 0.25) is 0 Å². The fraction of sp³-hybridized carbons (Fsp3) is 0.500. The number of amides is 1. The molecule has 18 heavy (non-hydrogen) atoms. The number of nitrogens with two attached hydrogens (primary N) is 1. The van der Waals surface area contributed by atoms with E-state index in [4.69, 9.17) is 17.3 Å². The minimum atomic E-state index is -0.150. The maximum absolute atomic E-state index is 12.3. The topological polar surface area (TPSA) is 79.5 Å². The number of nitrogen functional groups attached to an aromatic ring is 1. The van der Waals surface area contributed by atoms with Gasteiger partial charge in [-0.25, -0.2) is 4.98 Å². The number of piperidine rings is 1. The highest BCUT2D eigenvalue weighted by molar-refractivity contribution is 6.33. The van der Waals surface area contributed by atoms with Crippen molar-refractivity contribution in [2.75, 3.05) is 18.9 Å². The van der Waals surface area contributed by atoms with Gasteiger partial charge in [-0.3, -0.25) is 4.79 Å². The summed E-state index contributed by atoms with van der Waals surface area (Å²) in [7, 11) is 0. The van der Waals surface area contributed by atoms with Crippen molar-refractivity contribution in [3.8, 4) is 0 Å². The fourth-order valence-electron chi connectivity index (χ4n) is 2.19. The lowest BCUT2D eigenvalue weighted by Gasteiger charge is -2.34. The number of pyridine rings is 1. The number of carbonyl (C=O) groups is 1. The molecule has 2 heterocycles. The van der Waals surface area contributed by atoms with Crippen molar-refractivity contribution in [1.82, 2.24) is 9.88 Å². The van der Waals surface area contributed by atoms with E-state index in [1.54, 1.807) is 4.90 Å². The van der Waals surface area contributed by atoms with Crippen LogP contribution in [-0.4, -0.2) is 40.1 Å². The molecule has 1 amide bonds. The lowest BCUT2D eigenvalue weighted by molar-refractivity contribution is 0.0502. The predicted octanol–water partition coefficient (Wildman–Crippen LogP) is 1.30. The van der Waals surface area contributed by atoms with Gasteiger partial charge in [0.25, 0.3) is 5.91 Å². The Hall–Kier alpha value is -1.33. The van der Waals surface area contributed by atoms with E-state index in [0.717, 1.165) is 19.3 Å². The second-order valence-electron chi connectivity index (χ2n) is 4.42. The van der Waals surface area contributed by atoms with Crippen molar-refractivity contribution in [2.45, 2.75) is 25.3 Å². The average Bonchev–Trinajstić information content (AvgIpc) is 2.41. The minimum Gasteiger partial charge on any atom is -0.394 e. The molecule has 3 N–H and O–H groups in total. The fourth-order valence-corrected chi connectivity index (χ4v) is 2.36. The van der Waals surface area contributed by atoms with Crippen LogP contribution < -0.4 is 5.73 Å². The molecule has 1 aromatic heterocycles. The van der Waals surface area contributed by atoms with E-state index >= 15 is 0 Å². The number of rotatable bonds is 2. The Kier molecular flexibility index (Phi) is 4.04. The largest absolute Gasteiger partial charge is 0.394 e. The van der Waals surface area contributed by atoms with E-state index in [1.165, 1.54) is 12.3 Å². The highest BCUT2D eigenvalue weighted by atomic mass is 35.5. The Morgan fingerprint density at radius 2 is 2.39 bits per heavy atom. The number of nitrogens with zero attached hydrogens (tertiary/aromatic N) is 2. The molecule has 0 spiro atoms. The Bertz CT molecular complexity index is 453. The maximum Gasteiger partial charge on any atom is 0.255 e. The molecule has 1 unspecified atom stereocenters. The molecule has 0 saturated carbocycles. The monoisotopic (exact) mass is 269 g/mol. The molecule has 1 aliphatic heterocycles. The summed E-state index contributed by atoms with van der Waals surface area (Å²) in [5, 5.41) is 9.58. The van der Waals surface area contributed by atoms with E-state index in [1.807, 2.05) is 0 Å². The number of aromatic nitrogens is 1. The van der Waals surface area contributed by atoms with Gasteiger partial charge in [-0.15, -0.1) is 0 Å². The van der Waals surface area contributed by atoms with Gasteiger partial charge in [-0.2, -0.15) is 0 Å². The van der Waals surface area contributed by atoms with Gasteiger partial charge in [-0.05, 0) is 25.3 Å². The number of hydrogen-bond donors (Lipinski definition) is 2. The van der Waals surface area contributed by atoms with Gasteiger partial charge in [-0.1, -0.05) is 11.6 Å². The summed E-state index contributed by atoms with van der Waals surface area (Å²) in [6, 6.07) is 1.41. The zero-order chi connectivity index (χ0) is 13.1. The summed E-state index contributed by atoms with van der Waals surface area (Å²) in [5.74, 6) is 0.0636. The molecule has 98 valence electrons. The van der Waals surface area contributed by atoms with E-state index in [2.05, 4.69) is 4.98 Å². The van der Waals surface area contributed by atoms with Crippen LogP contribution in [0.4, 0.5) is 5.82 Å². The van der Waals surface area contributed by atoms with Crippen molar-refractivity contribution in [2.24, 2.45) is 0 Å². The molecule has 1 atom stereocenters. The molecule has 0 aromatic carbocycles. The zero-order valence-electron chi connectivity index (χ0n) is 9.97. The van der Waals surface area contributed by atoms with Crippen LogP contribution in [0, 0.1) is 0 Å². The Morgan fingerprint density at radius 3 is 3.06 bits per heavy atom. The van der Waals surface area contributed by atoms with Gasteiger partial charge >= 0.3 is 0 Å². The summed E-state index contributed by atoms with van der Waals surface area (Å²) in [6.45, 7) is 0.647. The molecule has 0 radical (unpaired) electrons. The lowest BCUT2D eigenvalue weighted by atomic mass is 10.0. The summed E-state index contributed by atoms with van der Waals surface area (Å²) in [5.41, 5.74) is 5.92. The highest BCUT2D eigenvalue weighted by Crippen LogP contribution is 2.22. The van der Waals surface area contributed by atoms with Crippen LogP contribution in [0.1, 0.15) is 29.6 Å². The second kappa shape index (κ2) is 5.54. The molecule has 1 saturated heterocycles. The third-order valence-corrected chi connectivity index (χ3v) is 3.52. The standard InChI is InChI=1S/C12H16ClN3O2/c13-10-5-8(6-15-11(10)14)12(18)16-4-2-1-3-9(16)7-17/h5-6,9,17H,1-4,7H2,(H2,14,15). The molecule has 1 aromatic rings. The van der Waals surface area contributed by atoms with Crippen LogP contribution in [0.2, 0.25) is 5.02 Å². The number of anilines is 1. The number of likely N-dealkylation sites (tertiary alicyclic amines) is 1. The summed E-state index contributed by atoms with van der Waals surface area (Å²) < 4.78 is 0. The third kappa shape index (κ3) is 2.57. The van der Waals surface area contributed by atoms with Crippen molar-refractivity contribution in [3.05, 3.63) is 22.8 Å². The van der Waals surface area contributed by atoms with E-state index in [-0.39, 0.29) is 29.4 Å². The Labute approximate surface area is 111 Å². The number of carbonyl (C=O) groups excluding carboxylic acids is 1. The summed E-state index contributed by atoms with van der Waals surface area (Å²) in [4.78, 5) is 17.9. The molecule has 1 fully saturated rings. The smallest absolute Gasteiger partial charge is 0.255 e. The van der Waals surface area contributed by atoms with Gasteiger partial charge in [0, 0.05) is 12.7 Å². The normalized spacial score (nSPS) is 19.9. The van der Waals surface area contributed by atoms with Crippen molar-refractivity contribution in [3.63, 3.8) is 0 Å². The van der Waals surface area contributed by atoms with Crippen LogP contribution in [-0.2, 0) is 0 Å². The molecular weight excluding hydrogens is 254 g/mol. The van der Waals surface area contributed by atoms with E-state index in [9.17, 15) is 9.90 Å². The molecular formula is C12H16ClN3O2. The third-order valence-electron chi connectivity index (χ3n) is 3.22. The van der Waals surface area contributed by atoms with Gasteiger partial charge < -0.3 is 15.7 Å². The highest BCUT2D eigenvalue weighted by Gasteiger charge is 2.27. The van der Waals surface area contributed by atoms with E-state index < -0.39 is 0 Å². The van der Waals surface area contributed by atoms with Gasteiger partial charge in [0.1, 0.15) is 5.82 Å². The van der Waals surface area contributed by atoms with Crippen LogP contribution in [0.3, 0.4) is 0 Å². The van der Waals surface area contributed by atoms with Crippen molar-refractivity contribution in [1.29, 1.82) is 0 Å². The second-order valence-corrected chi connectivity index (χ2v) is 4.83. The van der Waals surface area contributed by atoms with Crippen LogP contribution in [0.25, 0.3) is 0 Å². The SMILES string of the molecule is Nc1ncc(C(=O)N2CCCCC2CO)cc1Cl. The predicted molar refractivity (Wildman–Crippen MR) is 69.4 cm³/mol. The first kappa shape index (κ1) is 13.1. The minimum absolute atomic E-state index is 0.0120. The molecule has 0 aliphatic carbocycles. The van der Waals surface area contributed by atoms with Gasteiger partial charge in [0.15, 0.2) is 0 Å². The first-order valence-corrected chi connectivity index (χ1v) is 6.34. The first-order chi connectivity index (χ1) is 8.63. The van der Waals surface area contributed by atoms with Crippen LogP contribution in [0.5, 0.6) is 0 Å². The quantitative estimate of drug-likeness (QED) is 0.848. The van der Waals surface area contributed by atoms with Gasteiger partial charge in [0.05, 0.1) is 23.2 Å². The zero-order valence-corrected chi connectivity index (χ0v) is 10.7. The van der Waals surface area contributed by atoms with Crippen molar-refractivity contribution >= 4 is 23.3 Å². The molecule has 2 rings (SSSR count). The van der Waals surface area contributed by atoms with Crippen molar-refractivity contribution < 1.29 is 9.90 Å². The maximum atomic E-state index is 12.3. The summed E-state index contributed by atoms with van der Waals surface area (Å²) >= 11 is 5.86. The molecule has 1 aliphatic rings. The molecule has 6 heteroatoms. The number of aliphatic hydroxyl groups excluding tert-OH is 1. The number of hydrogen-bond acceptors (Lipinski definition) is 4. The number of aliphatic hydroxyl groups is 1. The lowest BCUT2D eigenvalue weighted by Crippen LogP contribution is -2.45. The van der Waals surface area contributed by atoms with E-state index in [0.29, 0.717) is 12.1 Å². The van der Waals surface area contributed by atoms with Crippen LogP contribution in [0.15, 0.2) is 12.3 Å². The van der Waals surface area contributed by atoms with Crippen LogP contribution >= 0.6 is 11.6 Å². The molecule has 5 nitrogen and oxygen atoms in total. The Morgan fingerprint density at radius 1 is 1.61 bits per heavy atom. The average molecular weight is 270 g/mol. The number of halogens is 1. The Balaban J connectivity index is 2.21. The molecule has 0 bridgehead atoms. The first-order valence-electron chi connectivity index (χ1n) is 5.96.